The minimum absolute atomic E-state index is 0.157. The van der Waals surface area contributed by atoms with E-state index in [0.717, 1.165) is 0 Å². The number of hydrogen-bond donors (Lipinski definition) is 0. The summed E-state index contributed by atoms with van der Waals surface area (Å²) in [6.45, 7) is 3.04. The molecule has 0 unspecified atom stereocenters. The summed E-state index contributed by atoms with van der Waals surface area (Å²) in [7, 11) is 0. The molecule has 0 amide bonds. The summed E-state index contributed by atoms with van der Waals surface area (Å²) in [6, 6.07) is 8.99. The summed E-state index contributed by atoms with van der Waals surface area (Å²) in [4.78, 5) is 11.7. The van der Waals surface area contributed by atoms with Gasteiger partial charge in [-0.2, -0.15) is 5.10 Å². The number of aryl methyl sites for hydroxylation is 1. The Morgan fingerprint density at radius 3 is 2.55 bits per heavy atom. The highest BCUT2D eigenvalue weighted by Crippen LogP contribution is 2.19. The molecule has 0 fully saturated rings. The Labute approximate surface area is 115 Å². The van der Waals surface area contributed by atoms with E-state index in [0.29, 0.717) is 11.3 Å². The Kier molecular flexibility index (Phi) is 3.97. The van der Waals surface area contributed by atoms with E-state index in [1.165, 1.54) is 36.7 Å². The first-order valence-corrected chi connectivity index (χ1v) is 6.39. The van der Waals surface area contributed by atoms with Gasteiger partial charge in [0.15, 0.2) is 0 Å². The molecule has 0 aliphatic rings. The molecular weight excluding hydrogens is 262 g/mol. The standard InChI is InChI=1S/C15H16F2N2O/c1-15(2,17)9-10-19-14(20)8-7-13(18-19)11-5-3-4-6-12(11)16/h3-8H,9-10H2,1-2H3. The summed E-state index contributed by atoms with van der Waals surface area (Å²) >= 11 is 0. The van der Waals surface area contributed by atoms with Crippen LogP contribution in [0.3, 0.4) is 0 Å². The maximum atomic E-state index is 13.7. The van der Waals surface area contributed by atoms with Crippen LogP contribution >= 0.6 is 0 Å². The molecule has 5 heteroatoms. The molecule has 0 aliphatic heterocycles. The van der Waals surface area contributed by atoms with Crippen molar-refractivity contribution in [3.05, 3.63) is 52.6 Å². The Hall–Kier alpha value is -2.04. The van der Waals surface area contributed by atoms with E-state index in [9.17, 15) is 13.6 Å². The second-order valence-corrected chi connectivity index (χ2v) is 5.23. The van der Waals surface area contributed by atoms with Gasteiger partial charge in [-0.05, 0) is 32.0 Å². The highest BCUT2D eigenvalue weighted by Gasteiger charge is 2.16. The van der Waals surface area contributed by atoms with Crippen molar-refractivity contribution >= 4 is 0 Å². The van der Waals surface area contributed by atoms with E-state index in [1.807, 2.05) is 0 Å². The summed E-state index contributed by atoms with van der Waals surface area (Å²) in [5.41, 5.74) is -1.02. The highest BCUT2D eigenvalue weighted by molar-refractivity contribution is 5.58. The average Bonchev–Trinajstić information content (AvgIpc) is 2.38. The van der Waals surface area contributed by atoms with Gasteiger partial charge in [0.25, 0.3) is 5.56 Å². The maximum absolute atomic E-state index is 13.7. The van der Waals surface area contributed by atoms with E-state index in [4.69, 9.17) is 0 Å². The Morgan fingerprint density at radius 2 is 1.90 bits per heavy atom. The number of halogens is 2. The molecule has 0 atom stereocenters. The van der Waals surface area contributed by atoms with Crippen molar-refractivity contribution in [3.8, 4) is 11.3 Å². The molecule has 2 rings (SSSR count). The van der Waals surface area contributed by atoms with E-state index in [2.05, 4.69) is 5.10 Å². The molecule has 3 nitrogen and oxygen atoms in total. The van der Waals surface area contributed by atoms with Crippen molar-refractivity contribution in [3.63, 3.8) is 0 Å². The fourth-order valence-corrected chi connectivity index (χ4v) is 1.79. The van der Waals surface area contributed by atoms with Gasteiger partial charge in [-0.1, -0.05) is 12.1 Å². The van der Waals surface area contributed by atoms with Gasteiger partial charge in [-0.15, -0.1) is 0 Å². The van der Waals surface area contributed by atoms with Crippen molar-refractivity contribution < 1.29 is 8.78 Å². The number of hydrogen-bond acceptors (Lipinski definition) is 2. The molecule has 106 valence electrons. The number of alkyl halides is 1. The van der Waals surface area contributed by atoms with Crippen LogP contribution in [-0.2, 0) is 6.54 Å². The van der Waals surface area contributed by atoms with E-state index < -0.39 is 11.5 Å². The molecule has 0 radical (unpaired) electrons. The van der Waals surface area contributed by atoms with Crippen molar-refractivity contribution in [1.82, 2.24) is 9.78 Å². The van der Waals surface area contributed by atoms with Gasteiger partial charge < -0.3 is 0 Å². The first-order chi connectivity index (χ1) is 9.37. The lowest BCUT2D eigenvalue weighted by atomic mass is 10.1. The monoisotopic (exact) mass is 278 g/mol. The third-order valence-corrected chi connectivity index (χ3v) is 2.93. The Bertz CT molecular complexity index is 659. The minimum atomic E-state index is -1.38. The fraction of sp³-hybridized carbons (Fsp3) is 0.333. The molecular formula is C15H16F2N2O. The smallest absolute Gasteiger partial charge is 0.266 e. The zero-order valence-electron chi connectivity index (χ0n) is 11.4. The zero-order chi connectivity index (χ0) is 14.8. The SMILES string of the molecule is CC(C)(F)CCn1nc(-c2ccccc2F)ccc1=O. The molecule has 2 aromatic rings. The second-order valence-electron chi connectivity index (χ2n) is 5.23. The van der Waals surface area contributed by atoms with Crippen LogP contribution in [0.4, 0.5) is 8.78 Å². The van der Waals surface area contributed by atoms with Crippen molar-refractivity contribution in [2.45, 2.75) is 32.5 Å². The first-order valence-electron chi connectivity index (χ1n) is 6.39. The lowest BCUT2D eigenvalue weighted by molar-refractivity contribution is 0.188. The van der Waals surface area contributed by atoms with Gasteiger partial charge in [0, 0.05) is 24.6 Å². The number of benzene rings is 1. The second kappa shape index (κ2) is 5.53. The van der Waals surface area contributed by atoms with Crippen LogP contribution in [0.15, 0.2) is 41.2 Å². The van der Waals surface area contributed by atoms with Crippen molar-refractivity contribution in [1.29, 1.82) is 0 Å². The number of rotatable bonds is 4. The van der Waals surface area contributed by atoms with Crippen LogP contribution in [0.2, 0.25) is 0 Å². The van der Waals surface area contributed by atoms with Crippen LogP contribution in [0.25, 0.3) is 11.3 Å². The van der Waals surface area contributed by atoms with E-state index in [1.54, 1.807) is 18.2 Å². The third-order valence-electron chi connectivity index (χ3n) is 2.93. The van der Waals surface area contributed by atoms with E-state index >= 15 is 0 Å². The first kappa shape index (κ1) is 14.4. The lowest BCUT2D eigenvalue weighted by Crippen LogP contribution is -2.26. The van der Waals surface area contributed by atoms with Gasteiger partial charge in [-0.3, -0.25) is 4.79 Å². The molecule has 0 aliphatic carbocycles. The molecule has 0 saturated heterocycles. The van der Waals surface area contributed by atoms with Crippen molar-refractivity contribution in [2.75, 3.05) is 0 Å². The van der Waals surface area contributed by atoms with Crippen molar-refractivity contribution in [2.24, 2.45) is 0 Å². The van der Waals surface area contributed by atoms with Gasteiger partial charge in [0.1, 0.15) is 11.5 Å². The maximum Gasteiger partial charge on any atom is 0.266 e. The Balaban J connectivity index is 2.34. The van der Waals surface area contributed by atoms with Crippen LogP contribution < -0.4 is 5.56 Å². The average molecular weight is 278 g/mol. The van der Waals surface area contributed by atoms with E-state index in [-0.39, 0.29) is 18.5 Å². The topological polar surface area (TPSA) is 34.9 Å². The molecule has 0 N–H and O–H groups in total. The van der Waals surface area contributed by atoms with Crippen LogP contribution in [0.5, 0.6) is 0 Å². The molecule has 0 bridgehead atoms. The number of aromatic nitrogens is 2. The zero-order valence-corrected chi connectivity index (χ0v) is 11.4. The summed E-state index contributed by atoms with van der Waals surface area (Å²) in [6.07, 6.45) is 0.167. The van der Waals surface area contributed by atoms with Crippen LogP contribution in [0.1, 0.15) is 20.3 Å². The summed E-state index contributed by atoms with van der Waals surface area (Å²) in [5, 5.41) is 4.10. The molecule has 0 saturated carbocycles. The van der Waals surface area contributed by atoms with Gasteiger partial charge >= 0.3 is 0 Å². The van der Waals surface area contributed by atoms with Crippen LogP contribution in [-0.4, -0.2) is 15.4 Å². The third kappa shape index (κ3) is 3.50. The Morgan fingerprint density at radius 1 is 1.20 bits per heavy atom. The largest absolute Gasteiger partial charge is 0.268 e. The summed E-state index contributed by atoms with van der Waals surface area (Å²) < 4.78 is 28.4. The molecule has 1 aromatic carbocycles. The normalized spacial score (nSPS) is 11.6. The van der Waals surface area contributed by atoms with Gasteiger partial charge in [0.2, 0.25) is 0 Å². The number of nitrogens with zero attached hydrogens (tertiary/aromatic N) is 2. The molecule has 0 spiro atoms. The predicted octanol–water partition coefficient (Wildman–Crippen LogP) is 3.19. The molecule has 20 heavy (non-hydrogen) atoms. The minimum Gasteiger partial charge on any atom is -0.268 e. The summed E-state index contributed by atoms with van der Waals surface area (Å²) in [5.74, 6) is -0.406. The highest BCUT2D eigenvalue weighted by atomic mass is 19.1. The lowest BCUT2D eigenvalue weighted by Gasteiger charge is -2.14. The molecule has 1 aromatic heterocycles. The van der Waals surface area contributed by atoms with Crippen LogP contribution in [0, 0.1) is 5.82 Å². The van der Waals surface area contributed by atoms with Gasteiger partial charge in [0.05, 0.1) is 5.69 Å². The fourth-order valence-electron chi connectivity index (χ4n) is 1.79. The quantitative estimate of drug-likeness (QED) is 0.861. The predicted molar refractivity (Wildman–Crippen MR) is 73.7 cm³/mol. The van der Waals surface area contributed by atoms with Gasteiger partial charge in [-0.25, -0.2) is 13.5 Å². The molecule has 1 heterocycles.